The molecular formula is C25H30N8O2. The van der Waals surface area contributed by atoms with Gasteiger partial charge in [0, 0.05) is 49.4 Å². The van der Waals surface area contributed by atoms with Crippen LogP contribution in [-0.2, 0) is 6.54 Å². The first-order valence-electron chi connectivity index (χ1n) is 12.0. The molecule has 10 nitrogen and oxygen atoms in total. The van der Waals surface area contributed by atoms with Crippen molar-refractivity contribution in [3.8, 4) is 11.5 Å². The number of nitrogens with one attached hydrogen (secondary N) is 3. The third-order valence-electron chi connectivity index (χ3n) is 5.85. The predicted molar refractivity (Wildman–Crippen MR) is 135 cm³/mol. The summed E-state index contributed by atoms with van der Waals surface area (Å²) in [6, 6.07) is 5.55. The monoisotopic (exact) mass is 474 g/mol. The zero-order valence-electron chi connectivity index (χ0n) is 20.4. The number of hydrogen-bond donors (Lipinski definition) is 3. The van der Waals surface area contributed by atoms with Crippen LogP contribution in [0.1, 0.15) is 51.1 Å². The SMILES string of the molecule is CCOc1cc2nc(C3=C(N[C@@H](C)c4ncccn4)c4nn(CC)cc4NC3)[nH]c2cc1OCC. The van der Waals surface area contributed by atoms with E-state index in [1.54, 1.807) is 12.4 Å². The van der Waals surface area contributed by atoms with Crippen molar-refractivity contribution in [2.45, 2.75) is 40.3 Å². The van der Waals surface area contributed by atoms with Gasteiger partial charge in [0.25, 0.3) is 0 Å². The second kappa shape index (κ2) is 9.65. The highest BCUT2D eigenvalue weighted by Gasteiger charge is 2.27. The van der Waals surface area contributed by atoms with Crippen LogP contribution in [0.25, 0.3) is 22.3 Å². The second-order valence-electron chi connectivity index (χ2n) is 8.19. The summed E-state index contributed by atoms with van der Waals surface area (Å²) in [5.74, 6) is 2.85. The Labute approximate surface area is 203 Å². The first-order valence-corrected chi connectivity index (χ1v) is 12.0. The van der Waals surface area contributed by atoms with Gasteiger partial charge >= 0.3 is 0 Å². The molecule has 0 aliphatic carbocycles. The maximum absolute atomic E-state index is 5.80. The van der Waals surface area contributed by atoms with E-state index in [2.05, 4.69) is 32.5 Å². The molecule has 1 aliphatic heterocycles. The Hall–Kier alpha value is -4.08. The molecule has 1 atom stereocenters. The number of hydrogen-bond acceptors (Lipinski definition) is 8. The summed E-state index contributed by atoms with van der Waals surface area (Å²) in [7, 11) is 0. The fourth-order valence-corrected chi connectivity index (χ4v) is 4.18. The zero-order chi connectivity index (χ0) is 24.4. The summed E-state index contributed by atoms with van der Waals surface area (Å²) in [6.45, 7) is 10.5. The molecule has 0 amide bonds. The summed E-state index contributed by atoms with van der Waals surface area (Å²) in [4.78, 5) is 17.2. The standard InChI is InChI=1S/C25H30N8O2/c1-5-33-14-19-23(32-33)22(29-15(4)24-26-9-8-10-27-24)16(13-28-19)25-30-17-11-20(34-6-2)21(35-7-3)12-18(17)31-25/h8-12,14-15,28-29H,5-7,13H2,1-4H3,(H,30,31)/t15-/m0/s1. The molecule has 0 saturated carbocycles. The van der Waals surface area contributed by atoms with E-state index in [0.29, 0.717) is 37.1 Å². The highest BCUT2D eigenvalue weighted by Crippen LogP contribution is 2.36. The Balaban J connectivity index is 1.61. The molecule has 5 rings (SSSR count). The molecule has 35 heavy (non-hydrogen) atoms. The molecule has 10 heteroatoms. The maximum Gasteiger partial charge on any atom is 0.163 e. The minimum atomic E-state index is -0.127. The van der Waals surface area contributed by atoms with Gasteiger partial charge in [0.05, 0.1) is 41.7 Å². The van der Waals surface area contributed by atoms with E-state index in [0.717, 1.165) is 46.1 Å². The number of fused-ring (bicyclic) bond motifs is 2. The van der Waals surface area contributed by atoms with Gasteiger partial charge in [0.1, 0.15) is 17.3 Å². The number of ether oxygens (including phenoxy) is 2. The van der Waals surface area contributed by atoms with Crippen LogP contribution in [0.3, 0.4) is 0 Å². The number of benzene rings is 1. The van der Waals surface area contributed by atoms with Crippen molar-refractivity contribution in [1.82, 2.24) is 35.0 Å². The van der Waals surface area contributed by atoms with Gasteiger partial charge in [-0.05, 0) is 33.8 Å². The second-order valence-corrected chi connectivity index (χ2v) is 8.19. The number of aromatic nitrogens is 6. The van der Waals surface area contributed by atoms with Crippen molar-refractivity contribution in [3.05, 3.63) is 54.1 Å². The molecule has 0 radical (unpaired) electrons. The average Bonchev–Trinajstić information content (AvgIpc) is 3.49. The number of anilines is 1. The largest absolute Gasteiger partial charge is 0.490 e. The lowest BCUT2D eigenvalue weighted by Crippen LogP contribution is -2.25. The number of imidazole rings is 1. The van der Waals surface area contributed by atoms with Crippen molar-refractivity contribution in [2.75, 3.05) is 25.1 Å². The van der Waals surface area contributed by atoms with Gasteiger partial charge in [-0.1, -0.05) is 0 Å². The van der Waals surface area contributed by atoms with Crippen LogP contribution in [0, 0.1) is 0 Å². The van der Waals surface area contributed by atoms with Gasteiger partial charge in [0.15, 0.2) is 11.5 Å². The van der Waals surface area contributed by atoms with Crippen molar-refractivity contribution in [1.29, 1.82) is 0 Å². The van der Waals surface area contributed by atoms with Gasteiger partial charge in [-0.3, -0.25) is 4.68 Å². The first kappa shape index (κ1) is 22.7. The molecule has 0 fully saturated rings. The van der Waals surface area contributed by atoms with E-state index in [1.807, 2.05) is 49.8 Å². The Morgan fingerprint density at radius 3 is 2.54 bits per heavy atom. The van der Waals surface area contributed by atoms with Gasteiger partial charge in [0.2, 0.25) is 0 Å². The maximum atomic E-state index is 5.80. The molecule has 4 heterocycles. The molecular weight excluding hydrogens is 444 g/mol. The highest BCUT2D eigenvalue weighted by molar-refractivity contribution is 5.96. The first-order chi connectivity index (χ1) is 17.1. The van der Waals surface area contributed by atoms with Gasteiger partial charge in [-0.15, -0.1) is 0 Å². The fraction of sp³-hybridized carbons (Fsp3) is 0.360. The van der Waals surface area contributed by atoms with Crippen molar-refractivity contribution >= 4 is 28.0 Å². The normalized spacial score (nSPS) is 13.9. The zero-order valence-corrected chi connectivity index (χ0v) is 20.4. The van der Waals surface area contributed by atoms with Gasteiger partial charge < -0.3 is 25.1 Å². The van der Waals surface area contributed by atoms with E-state index in [-0.39, 0.29) is 6.04 Å². The summed E-state index contributed by atoms with van der Waals surface area (Å²) < 4.78 is 13.5. The molecule has 0 bridgehead atoms. The molecule has 182 valence electrons. The minimum Gasteiger partial charge on any atom is -0.490 e. The molecule has 0 saturated heterocycles. The summed E-state index contributed by atoms with van der Waals surface area (Å²) >= 11 is 0. The van der Waals surface area contributed by atoms with Crippen LogP contribution in [0.15, 0.2) is 36.8 Å². The lowest BCUT2D eigenvalue weighted by molar-refractivity contribution is 0.288. The summed E-state index contributed by atoms with van der Waals surface area (Å²) in [6.07, 6.45) is 5.53. The molecule has 1 aliphatic rings. The van der Waals surface area contributed by atoms with Crippen LogP contribution >= 0.6 is 0 Å². The number of aryl methyl sites for hydroxylation is 1. The lowest BCUT2D eigenvalue weighted by atomic mass is 10.0. The van der Waals surface area contributed by atoms with Crippen LogP contribution in [0.4, 0.5) is 5.69 Å². The van der Waals surface area contributed by atoms with Crippen LogP contribution in [0.5, 0.6) is 11.5 Å². The third kappa shape index (κ3) is 4.39. The van der Waals surface area contributed by atoms with E-state index in [1.165, 1.54) is 0 Å². The Kier molecular flexibility index (Phi) is 6.26. The Morgan fingerprint density at radius 2 is 1.83 bits per heavy atom. The van der Waals surface area contributed by atoms with Crippen molar-refractivity contribution in [3.63, 3.8) is 0 Å². The smallest absolute Gasteiger partial charge is 0.163 e. The predicted octanol–water partition coefficient (Wildman–Crippen LogP) is 4.01. The van der Waals surface area contributed by atoms with Crippen LogP contribution in [0.2, 0.25) is 0 Å². The summed E-state index contributed by atoms with van der Waals surface area (Å²) in [5.41, 5.74) is 5.40. The van der Waals surface area contributed by atoms with Crippen LogP contribution in [-0.4, -0.2) is 49.5 Å². The minimum absolute atomic E-state index is 0.127. The third-order valence-corrected chi connectivity index (χ3v) is 5.85. The van der Waals surface area contributed by atoms with Gasteiger partial charge in [-0.2, -0.15) is 5.10 Å². The quantitative estimate of drug-likeness (QED) is 0.333. The van der Waals surface area contributed by atoms with Crippen molar-refractivity contribution in [2.24, 2.45) is 0 Å². The number of rotatable bonds is 9. The molecule has 1 aromatic carbocycles. The van der Waals surface area contributed by atoms with E-state index in [4.69, 9.17) is 19.6 Å². The van der Waals surface area contributed by atoms with Crippen molar-refractivity contribution < 1.29 is 9.47 Å². The molecule has 4 aromatic rings. The topological polar surface area (TPSA) is 115 Å². The lowest BCUT2D eigenvalue weighted by Gasteiger charge is -2.24. The molecule has 0 unspecified atom stereocenters. The number of nitrogens with zero attached hydrogens (tertiary/aromatic N) is 5. The van der Waals surface area contributed by atoms with E-state index in [9.17, 15) is 0 Å². The average molecular weight is 475 g/mol. The highest BCUT2D eigenvalue weighted by atomic mass is 16.5. The van der Waals surface area contributed by atoms with Crippen LogP contribution < -0.4 is 20.1 Å². The Bertz CT molecular complexity index is 1320. The molecule has 3 N–H and O–H groups in total. The van der Waals surface area contributed by atoms with E-state index < -0.39 is 0 Å². The molecule has 0 spiro atoms. The van der Waals surface area contributed by atoms with E-state index >= 15 is 0 Å². The fourth-order valence-electron chi connectivity index (χ4n) is 4.18. The number of H-pyrrole nitrogens is 1. The van der Waals surface area contributed by atoms with Gasteiger partial charge in [-0.25, -0.2) is 15.0 Å². The molecule has 3 aromatic heterocycles. The number of aromatic amines is 1. The Morgan fingerprint density at radius 1 is 1.09 bits per heavy atom. The summed E-state index contributed by atoms with van der Waals surface area (Å²) in [5, 5.41) is 11.9.